The van der Waals surface area contributed by atoms with Crippen LogP contribution in [-0.4, -0.2) is 45.5 Å². The van der Waals surface area contributed by atoms with Gasteiger partial charge in [-0.25, -0.2) is 17.6 Å². The van der Waals surface area contributed by atoms with Crippen molar-refractivity contribution >= 4 is 21.6 Å². The highest BCUT2D eigenvalue weighted by Gasteiger charge is 2.55. The van der Waals surface area contributed by atoms with Crippen LogP contribution in [0, 0.1) is 5.82 Å². The maximum Gasteiger partial charge on any atom is 0.322 e. The minimum atomic E-state index is -3.29. The molecule has 2 bridgehead atoms. The molecule has 0 unspecified atom stereocenters. The van der Waals surface area contributed by atoms with Crippen molar-refractivity contribution in [2.24, 2.45) is 0 Å². The maximum absolute atomic E-state index is 13.4. The lowest BCUT2D eigenvalue weighted by Crippen LogP contribution is -2.53. The van der Waals surface area contributed by atoms with Crippen molar-refractivity contribution in [3.05, 3.63) is 59.2 Å². The fraction of sp³-hybridized carbons (Fsp3) is 0.556. The third kappa shape index (κ3) is 4.63. The van der Waals surface area contributed by atoms with Crippen LogP contribution in [0.25, 0.3) is 0 Å². The van der Waals surface area contributed by atoms with Crippen molar-refractivity contribution in [3.8, 4) is 0 Å². The summed E-state index contributed by atoms with van der Waals surface area (Å²) in [7, 11) is -3.29. The number of aromatic nitrogens is 1. The van der Waals surface area contributed by atoms with Crippen molar-refractivity contribution in [1.82, 2.24) is 9.88 Å². The largest absolute Gasteiger partial charge is 0.390 e. The summed E-state index contributed by atoms with van der Waals surface area (Å²) in [6, 6.07) is 9.07. The van der Waals surface area contributed by atoms with Gasteiger partial charge in [-0.3, -0.25) is 4.98 Å². The third-order valence-corrected chi connectivity index (χ3v) is 11.3. The molecule has 9 heteroatoms. The molecule has 2 amide bonds. The van der Waals surface area contributed by atoms with Crippen LogP contribution in [0.15, 0.2) is 36.5 Å². The molecule has 2 aromatic rings. The molecule has 0 saturated heterocycles. The van der Waals surface area contributed by atoms with Gasteiger partial charge in [0.2, 0.25) is 0 Å². The number of nitrogens with one attached hydrogen (secondary N) is 1. The summed E-state index contributed by atoms with van der Waals surface area (Å²) in [5.41, 5.74) is 2.31. The smallest absolute Gasteiger partial charge is 0.322 e. The zero-order chi connectivity index (χ0) is 25.8. The number of benzene rings is 1. The monoisotopic (exact) mass is 515 g/mol. The molecule has 194 valence electrons. The average Bonchev–Trinajstić information content (AvgIpc) is 3.27. The van der Waals surface area contributed by atoms with Crippen molar-refractivity contribution in [2.45, 2.75) is 87.6 Å². The minimum Gasteiger partial charge on any atom is -0.390 e. The molecule has 1 aromatic carbocycles. The number of halogens is 1. The molecule has 2 heterocycles. The van der Waals surface area contributed by atoms with E-state index < -0.39 is 26.0 Å². The minimum absolute atomic E-state index is 0.0254. The molecule has 3 fully saturated rings. The number of amides is 2. The van der Waals surface area contributed by atoms with Gasteiger partial charge in [-0.15, -0.1) is 0 Å². The lowest BCUT2D eigenvalue weighted by molar-refractivity contribution is 0.0766. The molecule has 6 rings (SSSR count). The summed E-state index contributed by atoms with van der Waals surface area (Å²) >= 11 is 0. The SMILES string of the molecule is CC(C)(O)CCS(=O)(=O)C12CCC(c3ccc(NC(=O)N4Cc5cc(F)cnc5C4)cc3)(CC1)CC2. The first-order valence-corrected chi connectivity index (χ1v) is 14.3. The zero-order valence-corrected chi connectivity index (χ0v) is 21.7. The Morgan fingerprint density at radius 3 is 2.36 bits per heavy atom. The number of carbonyl (C=O) groups is 1. The van der Waals surface area contributed by atoms with Gasteiger partial charge in [0.15, 0.2) is 9.84 Å². The summed E-state index contributed by atoms with van der Waals surface area (Å²) in [5, 5.41) is 12.9. The Labute approximate surface area is 212 Å². The molecule has 3 aliphatic carbocycles. The topological polar surface area (TPSA) is 99.6 Å². The molecule has 0 spiro atoms. The number of anilines is 1. The van der Waals surface area contributed by atoms with E-state index in [1.165, 1.54) is 17.8 Å². The standard InChI is InChI=1S/C27H34FN3O4S/c1-25(2,33)13-14-36(34,35)27-10-7-26(8-11-27,9-12-27)20-3-5-22(6-4-20)30-24(32)31-17-19-15-21(28)16-29-23(19)18-31/h3-6,15-16,33H,7-14,17-18H2,1-2H3,(H,30,32). The molecule has 0 atom stereocenters. The predicted molar refractivity (Wildman–Crippen MR) is 136 cm³/mol. The molecule has 2 N–H and O–H groups in total. The Balaban J connectivity index is 1.21. The van der Waals surface area contributed by atoms with E-state index in [9.17, 15) is 22.7 Å². The number of fused-ring (bicyclic) bond motifs is 4. The van der Waals surface area contributed by atoms with Gasteiger partial charge in [-0.1, -0.05) is 12.1 Å². The highest BCUT2D eigenvalue weighted by atomic mass is 32.2. The Bertz CT molecular complexity index is 1250. The van der Waals surface area contributed by atoms with Gasteiger partial charge in [-0.05, 0) is 93.5 Å². The first-order valence-electron chi connectivity index (χ1n) is 12.7. The highest BCUT2D eigenvalue weighted by Crippen LogP contribution is 2.56. The number of hydrogen-bond acceptors (Lipinski definition) is 5. The van der Waals surface area contributed by atoms with Crippen molar-refractivity contribution < 1.29 is 22.7 Å². The summed E-state index contributed by atoms with van der Waals surface area (Å²) in [5.74, 6) is -0.370. The van der Waals surface area contributed by atoms with Crippen LogP contribution in [0.2, 0.25) is 0 Å². The Morgan fingerprint density at radius 1 is 1.11 bits per heavy atom. The summed E-state index contributed by atoms with van der Waals surface area (Å²) in [6.07, 6.45) is 5.89. The van der Waals surface area contributed by atoms with Crippen LogP contribution >= 0.6 is 0 Å². The number of pyridine rings is 1. The lowest BCUT2D eigenvalue weighted by Gasteiger charge is -2.53. The van der Waals surface area contributed by atoms with E-state index in [0.717, 1.165) is 24.8 Å². The lowest BCUT2D eigenvalue weighted by atomic mass is 9.57. The van der Waals surface area contributed by atoms with Crippen LogP contribution in [0.1, 0.15) is 75.6 Å². The fourth-order valence-electron chi connectivity index (χ4n) is 6.14. The highest BCUT2D eigenvalue weighted by molar-refractivity contribution is 7.92. The Hall–Kier alpha value is -2.52. The quantitative estimate of drug-likeness (QED) is 0.582. The van der Waals surface area contributed by atoms with Crippen LogP contribution in [0.5, 0.6) is 0 Å². The molecular weight excluding hydrogens is 481 g/mol. The number of hydrogen-bond donors (Lipinski definition) is 2. The molecule has 4 aliphatic rings. The van der Waals surface area contributed by atoms with E-state index in [4.69, 9.17) is 0 Å². The van der Waals surface area contributed by atoms with Gasteiger partial charge in [0, 0.05) is 12.2 Å². The van der Waals surface area contributed by atoms with Crippen molar-refractivity contribution in [2.75, 3.05) is 11.1 Å². The second-order valence-electron chi connectivity index (χ2n) is 11.5. The summed E-state index contributed by atoms with van der Waals surface area (Å²) < 4.78 is 39.2. The molecule has 7 nitrogen and oxygen atoms in total. The van der Waals surface area contributed by atoms with Gasteiger partial charge in [0.25, 0.3) is 0 Å². The third-order valence-electron chi connectivity index (χ3n) is 8.58. The molecule has 3 saturated carbocycles. The van der Waals surface area contributed by atoms with Crippen LogP contribution in [0.3, 0.4) is 0 Å². The summed E-state index contributed by atoms with van der Waals surface area (Å²) in [4.78, 5) is 18.4. The first-order chi connectivity index (χ1) is 16.9. The number of aliphatic hydroxyl groups is 1. The maximum atomic E-state index is 13.4. The summed E-state index contributed by atoms with van der Waals surface area (Å²) in [6.45, 7) is 3.99. The van der Waals surface area contributed by atoms with Crippen molar-refractivity contribution in [1.29, 1.82) is 0 Å². The normalized spacial score (nSPS) is 25.6. The van der Waals surface area contributed by atoms with E-state index >= 15 is 0 Å². The fourth-order valence-corrected chi connectivity index (χ4v) is 8.58. The Kier molecular flexibility index (Phi) is 6.15. The number of carbonyl (C=O) groups excluding carboxylic acids is 1. The van der Waals surface area contributed by atoms with Gasteiger partial charge in [0.05, 0.1) is 34.5 Å². The number of nitrogens with zero attached hydrogens (tertiary/aromatic N) is 2. The second kappa shape index (κ2) is 8.80. The molecule has 0 radical (unpaired) electrons. The number of sulfone groups is 1. The van der Waals surface area contributed by atoms with Crippen LogP contribution < -0.4 is 5.32 Å². The van der Waals surface area contributed by atoms with Gasteiger partial charge in [0.1, 0.15) is 5.82 Å². The zero-order valence-electron chi connectivity index (χ0n) is 20.9. The van der Waals surface area contributed by atoms with E-state index in [1.54, 1.807) is 18.7 Å². The van der Waals surface area contributed by atoms with Gasteiger partial charge >= 0.3 is 6.03 Å². The van der Waals surface area contributed by atoms with Gasteiger partial charge < -0.3 is 15.3 Å². The van der Waals surface area contributed by atoms with E-state index in [1.807, 2.05) is 24.3 Å². The molecular formula is C27H34FN3O4S. The van der Waals surface area contributed by atoms with Crippen LogP contribution in [-0.2, 0) is 28.3 Å². The van der Waals surface area contributed by atoms with Crippen LogP contribution in [0.4, 0.5) is 14.9 Å². The number of rotatable bonds is 6. The van der Waals surface area contributed by atoms with E-state index in [0.29, 0.717) is 43.7 Å². The first kappa shape index (κ1) is 25.1. The van der Waals surface area contributed by atoms with E-state index in [2.05, 4.69) is 10.3 Å². The van der Waals surface area contributed by atoms with E-state index in [-0.39, 0.29) is 23.6 Å². The average molecular weight is 516 g/mol. The van der Waals surface area contributed by atoms with Gasteiger partial charge in [-0.2, -0.15) is 0 Å². The molecule has 36 heavy (non-hydrogen) atoms. The predicted octanol–water partition coefficient (Wildman–Crippen LogP) is 4.69. The second-order valence-corrected chi connectivity index (χ2v) is 14.0. The number of urea groups is 1. The van der Waals surface area contributed by atoms with Crippen molar-refractivity contribution in [3.63, 3.8) is 0 Å². The molecule has 1 aromatic heterocycles. The molecule has 1 aliphatic heterocycles. The Morgan fingerprint density at radius 2 is 1.75 bits per heavy atom.